The van der Waals surface area contributed by atoms with E-state index in [4.69, 9.17) is 4.74 Å². The van der Waals surface area contributed by atoms with E-state index in [1.807, 2.05) is 24.3 Å². The van der Waals surface area contributed by atoms with E-state index in [9.17, 15) is 23.9 Å². The molecule has 0 saturated heterocycles. The van der Waals surface area contributed by atoms with Gasteiger partial charge in [0.05, 0.1) is 0 Å². The van der Waals surface area contributed by atoms with Crippen LogP contribution in [0.4, 0.5) is 9.18 Å². The molecule has 0 aliphatic carbocycles. The number of carboxylic acids is 1. The topological polar surface area (TPSA) is 105 Å². The largest absolute Gasteiger partial charge is 0.480 e. The van der Waals surface area contributed by atoms with Crippen molar-refractivity contribution in [1.29, 1.82) is 0 Å². The summed E-state index contributed by atoms with van der Waals surface area (Å²) < 4.78 is 18.7. The number of halogens is 1. The molecule has 3 aromatic rings. The molecule has 2 amide bonds. The number of rotatable bonds is 10. The van der Waals surface area contributed by atoms with E-state index in [1.54, 1.807) is 42.5 Å². The quantitative estimate of drug-likeness (QED) is 0.426. The second-order valence-electron chi connectivity index (χ2n) is 7.68. The number of carboxylic acid groups (broad SMARTS) is 1. The fourth-order valence-corrected chi connectivity index (χ4v) is 3.34. The van der Waals surface area contributed by atoms with Gasteiger partial charge in [-0.25, -0.2) is 14.0 Å². The minimum atomic E-state index is -1.31. The van der Waals surface area contributed by atoms with Gasteiger partial charge in [-0.2, -0.15) is 0 Å². The van der Waals surface area contributed by atoms with Crippen molar-refractivity contribution in [3.63, 3.8) is 0 Å². The van der Waals surface area contributed by atoms with Crippen molar-refractivity contribution in [1.82, 2.24) is 10.6 Å². The molecule has 3 aromatic carbocycles. The molecule has 0 heterocycles. The molecule has 0 saturated carbocycles. The molecule has 7 nitrogen and oxygen atoms in total. The molecule has 0 aromatic heterocycles. The number of ether oxygens (including phenoxy) is 1. The Labute approximate surface area is 196 Å². The first-order valence-corrected chi connectivity index (χ1v) is 10.7. The van der Waals surface area contributed by atoms with Crippen LogP contribution < -0.4 is 10.6 Å². The summed E-state index contributed by atoms with van der Waals surface area (Å²) in [5.41, 5.74) is 1.97. The molecule has 3 rings (SSSR count). The first-order valence-electron chi connectivity index (χ1n) is 10.7. The molecule has 2 atom stereocenters. The molecule has 0 radical (unpaired) electrons. The molecule has 0 fully saturated rings. The normalized spacial score (nSPS) is 12.3. The van der Waals surface area contributed by atoms with Crippen molar-refractivity contribution < 1.29 is 28.6 Å². The summed E-state index contributed by atoms with van der Waals surface area (Å²) in [5, 5.41) is 14.6. The number of hydrogen-bond donors (Lipinski definition) is 3. The van der Waals surface area contributed by atoms with Gasteiger partial charge in [-0.3, -0.25) is 4.79 Å². The van der Waals surface area contributed by atoms with Gasteiger partial charge < -0.3 is 20.5 Å². The maximum atomic E-state index is 13.5. The molecule has 8 heteroatoms. The average Bonchev–Trinajstić information content (AvgIpc) is 2.83. The van der Waals surface area contributed by atoms with Crippen molar-refractivity contribution in [3.05, 3.63) is 107 Å². The molecule has 3 N–H and O–H groups in total. The fraction of sp³-hybridized carbons (Fsp3) is 0.192. The summed E-state index contributed by atoms with van der Waals surface area (Å²) >= 11 is 0. The first-order chi connectivity index (χ1) is 16.4. The maximum absolute atomic E-state index is 13.5. The molecule has 0 aliphatic heterocycles. The number of carbonyl (C=O) groups excluding carboxylic acids is 2. The SMILES string of the molecule is O=C(N[C@H](Cc1ccccc1)C(=O)N[C@@H](Cc1cccc(F)c1)C(=O)O)OCc1ccccc1. The monoisotopic (exact) mass is 464 g/mol. The van der Waals surface area contributed by atoms with Crippen LogP contribution in [-0.2, 0) is 33.8 Å². The summed E-state index contributed by atoms with van der Waals surface area (Å²) in [6, 6.07) is 21.2. The van der Waals surface area contributed by atoms with Crippen molar-refractivity contribution in [3.8, 4) is 0 Å². The summed E-state index contributed by atoms with van der Waals surface area (Å²) in [6.45, 7) is 0.0175. The zero-order valence-electron chi connectivity index (χ0n) is 18.3. The lowest BCUT2D eigenvalue weighted by atomic mass is 10.0. The van der Waals surface area contributed by atoms with Crippen molar-refractivity contribution in [2.24, 2.45) is 0 Å². The second-order valence-corrected chi connectivity index (χ2v) is 7.68. The van der Waals surface area contributed by atoms with E-state index in [0.29, 0.717) is 5.56 Å². The van der Waals surface area contributed by atoms with Crippen molar-refractivity contribution >= 4 is 18.0 Å². The Kier molecular flexibility index (Phi) is 8.73. The Hall–Kier alpha value is -4.20. The molecule has 176 valence electrons. The Balaban J connectivity index is 1.69. The van der Waals surface area contributed by atoms with Crippen LogP contribution in [-0.4, -0.2) is 35.2 Å². The van der Waals surface area contributed by atoms with E-state index in [1.165, 1.54) is 18.2 Å². The number of hydrogen-bond acceptors (Lipinski definition) is 4. The third kappa shape index (κ3) is 7.74. The van der Waals surface area contributed by atoms with E-state index in [2.05, 4.69) is 10.6 Å². The number of aliphatic carboxylic acids is 1. The summed E-state index contributed by atoms with van der Waals surface area (Å²) in [4.78, 5) is 37.2. The Bertz CT molecular complexity index is 1110. The van der Waals surface area contributed by atoms with E-state index >= 15 is 0 Å². The van der Waals surface area contributed by atoms with E-state index in [-0.39, 0.29) is 19.4 Å². The van der Waals surface area contributed by atoms with E-state index in [0.717, 1.165) is 11.1 Å². The van der Waals surface area contributed by atoms with Crippen molar-refractivity contribution in [2.45, 2.75) is 31.5 Å². The molecule has 0 aliphatic rings. The Morgan fingerprint density at radius 2 is 1.35 bits per heavy atom. The van der Waals surface area contributed by atoms with Gasteiger partial charge in [-0.1, -0.05) is 72.8 Å². The van der Waals surface area contributed by atoms with Gasteiger partial charge in [-0.15, -0.1) is 0 Å². The fourth-order valence-electron chi connectivity index (χ4n) is 3.34. The van der Waals surface area contributed by atoms with Gasteiger partial charge in [-0.05, 0) is 28.8 Å². The van der Waals surface area contributed by atoms with Gasteiger partial charge in [0, 0.05) is 12.8 Å². The van der Waals surface area contributed by atoms with Gasteiger partial charge in [0.2, 0.25) is 5.91 Å². The van der Waals surface area contributed by atoms with Crippen LogP contribution in [0.1, 0.15) is 16.7 Å². The lowest BCUT2D eigenvalue weighted by Crippen LogP contribution is -2.53. The van der Waals surface area contributed by atoms with E-state index < -0.39 is 35.9 Å². The average molecular weight is 464 g/mol. The van der Waals surface area contributed by atoms with Gasteiger partial charge in [0.15, 0.2) is 0 Å². The van der Waals surface area contributed by atoms with Crippen LogP contribution in [0.25, 0.3) is 0 Å². The summed E-state index contributed by atoms with van der Waals surface area (Å²) in [7, 11) is 0. The van der Waals surface area contributed by atoms with Crippen LogP contribution in [0.15, 0.2) is 84.9 Å². The van der Waals surface area contributed by atoms with Crippen molar-refractivity contribution in [2.75, 3.05) is 0 Å². The Morgan fingerprint density at radius 3 is 1.97 bits per heavy atom. The van der Waals surface area contributed by atoms with Gasteiger partial charge >= 0.3 is 12.1 Å². The van der Waals surface area contributed by atoms with Crippen LogP contribution in [0, 0.1) is 5.82 Å². The standard InChI is InChI=1S/C26H25FN2O5/c27-21-13-7-12-20(14-21)16-23(25(31)32)28-24(30)22(15-18-8-3-1-4-9-18)29-26(33)34-17-19-10-5-2-6-11-19/h1-14,22-23H,15-17H2,(H,28,30)(H,29,33)(H,31,32)/t22-,23+/m1/s1. The zero-order valence-corrected chi connectivity index (χ0v) is 18.3. The van der Waals surface area contributed by atoms with Crippen LogP contribution in [0.3, 0.4) is 0 Å². The predicted molar refractivity (Wildman–Crippen MR) is 123 cm³/mol. The maximum Gasteiger partial charge on any atom is 0.408 e. The zero-order chi connectivity index (χ0) is 24.3. The summed E-state index contributed by atoms with van der Waals surface area (Å²) in [6.07, 6.45) is -0.800. The Morgan fingerprint density at radius 1 is 0.765 bits per heavy atom. The number of alkyl carbamates (subject to hydrolysis) is 1. The molecular formula is C26H25FN2O5. The lowest BCUT2D eigenvalue weighted by molar-refractivity contribution is -0.142. The third-order valence-electron chi connectivity index (χ3n) is 5.05. The molecular weight excluding hydrogens is 439 g/mol. The number of nitrogens with one attached hydrogen (secondary N) is 2. The highest BCUT2D eigenvalue weighted by atomic mass is 19.1. The minimum absolute atomic E-state index is 0.0175. The molecule has 0 unspecified atom stereocenters. The molecule has 0 spiro atoms. The van der Waals surface area contributed by atoms with Gasteiger partial charge in [0.25, 0.3) is 0 Å². The highest BCUT2D eigenvalue weighted by Gasteiger charge is 2.27. The lowest BCUT2D eigenvalue weighted by Gasteiger charge is -2.21. The van der Waals surface area contributed by atoms with Gasteiger partial charge in [0.1, 0.15) is 24.5 Å². The molecule has 34 heavy (non-hydrogen) atoms. The smallest absolute Gasteiger partial charge is 0.408 e. The number of benzene rings is 3. The first kappa shape index (κ1) is 24.4. The number of amides is 2. The predicted octanol–water partition coefficient (Wildman–Crippen LogP) is 3.48. The van der Waals surface area contributed by atoms with Crippen LogP contribution in [0.2, 0.25) is 0 Å². The van der Waals surface area contributed by atoms with Crippen LogP contribution >= 0.6 is 0 Å². The highest BCUT2D eigenvalue weighted by molar-refractivity contribution is 5.89. The van der Waals surface area contributed by atoms with Crippen LogP contribution in [0.5, 0.6) is 0 Å². The second kappa shape index (κ2) is 12.2. The molecule has 0 bridgehead atoms. The third-order valence-corrected chi connectivity index (χ3v) is 5.05. The highest BCUT2D eigenvalue weighted by Crippen LogP contribution is 2.09. The number of carbonyl (C=O) groups is 3. The minimum Gasteiger partial charge on any atom is -0.480 e. The summed E-state index contributed by atoms with van der Waals surface area (Å²) in [5.74, 6) is -2.47.